The average molecular weight is 326 g/mol. The largest absolute Gasteiger partial charge is 0.377 e. The maximum absolute atomic E-state index is 12.5. The Bertz CT molecular complexity index is 654. The van der Waals surface area contributed by atoms with Crippen molar-refractivity contribution in [2.75, 3.05) is 6.61 Å². The molecular weight excluding hydrogens is 300 g/mol. The molecule has 128 valence electrons. The molecule has 0 aliphatic rings. The van der Waals surface area contributed by atoms with Crippen molar-refractivity contribution in [3.05, 3.63) is 71.3 Å². The van der Waals surface area contributed by atoms with Crippen molar-refractivity contribution in [3.63, 3.8) is 0 Å². The van der Waals surface area contributed by atoms with Crippen LogP contribution in [0.15, 0.2) is 54.6 Å². The van der Waals surface area contributed by atoms with Gasteiger partial charge in [-0.1, -0.05) is 61.5 Å². The van der Waals surface area contributed by atoms with E-state index in [0.29, 0.717) is 13.2 Å². The van der Waals surface area contributed by atoms with Crippen LogP contribution in [0.1, 0.15) is 37.0 Å². The highest BCUT2D eigenvalue weighted by Crippen LogP contribution is 2.18. The molecule has 0 aliphatic heterocycles. The molecule has 2 rings (SSSR count). The van der Waals surface area contributed by atoms with Gasteiger partial charge >= 0.3 is 0 Å². The second-order valence-corrected chi connectivity index (χ2v) is 6.07. The third kappa shape index (κ3) is 4.66. The average Bonchev–Trinajstić information content (AvgIpc) is 2.61. The quantitative estimate of drug-likeness (QED) is 0.733. The lowest BCUT2D eigenvalue weighted by Crippen LogP contribution is -2.48. The molecule has 0 aromatic heterocycles. The maximum atomic E-state index is 12.5. The number of hydrogen-bond donors (Lipinski definition) is 2. The summed E-state index contributed by atoms with van der Waals surface area (Å²) in [7, 11) is 0. The zero-order valence-electron chi connectivity index (χ0n) is 14.4. The third-order valence-corrected chi connectivity index (χ3v) is 4.01. The molecule has 24 heavy (non-hydrogen) atoms. The summed E-state index contributed by atoms with van der Waals surface area (Å²) in [6.45, 7) is 5.53. The zero-order chi connectivity index (χ0) is 17.4. The standard InChI is InChI=1S/C20H26N2O2/c1-3-13-24-15-17-10-8-7-9-16(17)14-22-19(23)20(2,21)18-11-5-4-6-12-18/h4-12H,3,13-15,21H2,1-2H3,(H,22,23). The highest BCUT2D eigenvalue weighted by atomic mass is 16.5. The first-order valence-electron chi connectivity index (χ1n) is 8.33. The van der Waals surface area contributed by atoms with Crippen LogP contribution in [-0.2, 0) is 28.2 Å². The molecular formula is C20H26N2O2. The normalized spacial score (nSPS) is 13.3. The van der Waals surface area contributed by atoms with E-state index >= 15 is 0 Å². The van der Waals surface area contributed by atoms with Gasteiger partial charge in [0.2, 0.25) is 5.91 Å². The minimum atomic E-state index is -1.06. The summed E-state index contributed by atoms with van der Waals surface area (Å²) in [4.78, 5) is 12.5. The van der Waals surface area contributed by atoms with Crippen molar-refractivity contribution >= 4 is 5.91 Å². The maximum Gasteiger partial charge on any atom is 0.244 e. The summed E-state index contributed by atoms with van der Waals surface area (Å²) in [6.07, 6.45) is 0.988. The van der Waals surface area contributed by atoms with Gasteiger partial charge in [0, 0.05) is 13.2 Å². The van der Waals surface area contributed by atoms with Crippen LogP contribution in [-0.4, -0.2) is 12.5 Å². The number of ether oxygens (including phenoxy) is 1. The van der Waals surface area contributed by atoms with Gasteiger partial charge in [-0.15, -0.1) is 0 Å². The Labute approximate surface area is 144 Å². The van der Waals surface area contributed by atoms with Gasteiger partial charge in [0.15, 0.2) is 0 Å². The van der Waals surface area contributed by atoms with Gasteiger partial charge in [-0.25, -0.2) is 0 Å². The smallest absolute Gasteiger partial charge is 0.244 e. The zero-order valence-corrected chi connectivity index (χ0v) is 14.4. The molecule has 4 nitrogen and oxygen atoms in total. The first kappa shape index (κ1) is 18.2. The fourth-order valence-electron chi connectivity index (χ4n) is 2.47. The number of carbonyl (C=O) groups is 1. The monoisotopic (exact) mass is 326 g/mol. The van der Waals surface area contributed by atoms with E-state index in [1.54, 1.807) is 6.92 Å². The van der Waals surface area contributed by atoms with E-state index in [-0.39, 0.29) is 5.91 Å². The molecule has 0 fully saturated rings. The highest BCUT2D eigenvalue weighted by molar-refractivity contribution is 5.86. The van der Waals surface area contributed by atoms with Crippen molar-refractivity contribution in [2.45, 2.75) is 39.0 Å². The van der Waals surface area contributed by atoms with E-state index in [9.17, 15) is 4.79 Å². The van der Waals surface area contributed by atoms with Crippen LogP contribution >= 0.6 is 0 Å². The number of rotatable bonds is 8. The molecule has 0 aliphatic carbocycles. The van der Waals surface area contributed by atoms with E-state index in [0.717, 1.165) is 29.7 Å². The van der Waals surface area contributed by atoms with Gasteiger partial charge in [0.25, 0.3) is 0 Å². The minimum Gasteiger partial charge on any atom is -0.377 e. The van der Waals surface area contributed by atoms with Crippen LogP contribution < -0.4 is 11.1 Å². The van der Waals surface area contributed by atoms with E-state index in [1.807, 2.05) is 54.6 Å². The summed E-state index contributed by atoms with van der Waals surface area (Å²) in [5.74, 6) is -0.196. The summed E-state index contributed by atoms with van der Waals surface area (Å²) >= 11 is 0. The van der Waals surface area contributed by atoms with Crippen molar-refractivity contribution in [2.24, 2.45) is 5.73 Å². The predicted octanol–water partition coefficient (Wildman–Crippen LogP) is 3.10. The fraction of sp³-hybridized carbons (Fsp3) is 0.350. The van der Waals surface area contributed by atoms with Gasteiger partial charge in [0.1, 0.15) is 5.54 Å². The summed E-state index contributed by atoms with van der Waals surface area (Å²) in [6, 6.07) is 17.4. The van der Waals surface area contributed by atoms with Crippen molar-refractivity contribution in [3.8, 4) is 0 Å². The molecule has 1 atom stereocenters. The van der Waals surface area contributed by atoms with Crippen molar-refractivity contribution < 1.29 is 9.53 Å². The number of amides is 1. The van der Waals surface area contributed by atoms with Crippen LogP contribution in [0.4, 0.5) is 0 Å². The van der Waals surface area contributed by atoms with Gasteiger partial charge < -0.3 is 15.8 Å². The molecule has 2 aromatic rings. The third-order valence-electron chi connectivity index (χ3n) is 4.01. The van der Waals surface area contributed by atoms with Gasteiger partial charge in [-0.3, -0.25) is 4.79 Å². The van der Waals surface area contributed by atoms with Crippen LogP contribution in [0.3, 0.4) is 0 Å². The molecule has 4 heteroatoms. The van der Waals surface area contributed by atoms with Crippen LogP contribution in [0, 0.1) is 0 Å². The van der Waals surface area contributed by atoms with E-state index < -0.39 is 5.54 Å². The number of nitrogens with two attached hydrogens (primary N) is 1. The molecule has 1 amide bonds. The first-order chi connectivity index (χ1) is 11.6. The Kier molecular flexibility index (Phi) is 6.53. The first-order valence-corrected chi connectivity index (χ1v) is 8.33. The Morgan fingerprint density at radius 2 is 1.71 bits per heavy atom. The van der Waals surface area contributed by atoms with E-state index in [1.165, 1.54) is 0 Å². The molecule has 0 saturated heterocycles. The van der Waals surface area contributed by atoms with Crippen LogP contribution in [0.25, 0.3) is 0 Å². The van der Waals surface area contributed by atoms with Crippen molar-refractivity contribution in [1.29, 1.82) is 0 Å². The van der Waals surface area contributed by atoms with Gasteiger partial charge in [0.05, 0.1) is 6.61 Å². The second kappa shape index (κ2) is 8.62. The Morgan fingerprint density at radius 1 is 1.08 bits per heavy atom. The van der Waals surface area contributed by atoms with Crippen LogP contribution in [0.5, 0.6) is 0 Å². The summed E-state index contributed by atoms with van der Waals surface area (Å²) in [5.41, 5.74) is 8.11. The number of hydrogen-bond acceptors (Lipinski definition) is 3. The van der Waals surface area contributed by atoms with Crippen LogP contribution in [0.2, 0.25) is 0 Å². The summed E-state index contributed by atoms with van der Waals surface area (Å²) < 4.78 is 5.62. The molecule has 0 bridgehead atoms. The van der Waals surface area contributed by atoms with Gasteiger partial charge in [-0.2, -0.15) is 0 Å². The number of carbonyl (C=O) groups excluding carboxylic acids is 1. The molecule has 1 unspecified atom stereocenters. The molecule has 0 radical (unpaired) electrons. The summed E-state index contributed by atoms with van der Waals surface area (Å²) in [5, 5.41) is 2.95. The Hall–Kier alpha value is -2.17. The Balaban J connectivity index is 2.01. The number of benzene rings is 2. The molecule has 0 spiro atoms. The van der Waals surface area contributed by atoms with Crippen molar-refractivity contribution in [1.82, 2.24) is 5.32 Å². The lowest BCUT2D eigenvalue weighted by molar-refractivity contribution is -0.126. The lowest BCUT2D eigenvalue weighted by Gasteiger charge is -2.24. The molecule has 0 heterocycles. The topological polar surface area (TPSA) is 64.3 Å². The molecule has 2 aromatic carbocycles. The minimum absolute atomic E-state index is 0.196. The highest BCUT2D eigenvalue weighted by Gasteiger charge is 2.30. The van der Waals surface area contributed by atoms with E-state index in [4.69, 9.17) is 10.5 Å². The number of nitrogens with one attached hydrogen (secondary N) is 1. The van der Waals surface area contributed by atoms with E-state index in [2.05, 4.69) is 12.2 Å². The predicted molar refractivity (Wildman–Crippen MR) is 96.2 cm³/mol. The fourth-order valence-corrected chi connectivity index (χ4v) is 2.47. The lowest BCUT2D eigenvalue weighted by atomic mass is 9.92. The van der Waals surface area contributed by atoms with Gasteiger partial charge in [-0.05, 0) is 30.0 Å². The molecule has 0 saturated carbocycles. The molecule has 3 N–H and O–H groups in total. The second-order valence-electron chi connectivity index (χ2n) is 6.07. The SMILES string of the molecule is CCCOCc1ccccc1CNC(=O)C(C)(N)c1ccccc1. The Morgan fingerprint density at radius 3 is 2.38 bits per heavy atom.